The van der Waals surface area contributed by atoms with Crippen LogP contribution < -0.4 is 0 Å². The van der Waals surface area contributed by atoms with Crippen molar-refractivity contribution in [1.29, 1.82) is 0 Å². The van der Waals surface area contributed by atoms with Gasteiger partial charge in [0.05, 0.1) is 0 Å². The Bertz CT molecular complexity index is 579. The molecular weight excluding hydrogens is 186 g/mol. The summed E-state index contributed by atoms with van der Waals surface area (Å²) in [5.74, 6) is 0. The molecule has 0 saturated heterocycles. The van der Waals surface area contributed by atoms with Gasteiger partial charge in [0.25, 0.3) is 0 Å². The summed E-state index contributed by atoms with van der Waals surface area (Å²) >= 11 is 0. The number of rotatable bonds is 1. The SMILES string of the molecule is c1ccc2c(-c3ccon3)cccc2c1. The van der Waals surface area contributed by atoms with Crippen molar-refractivity contribution in [3.05, 3.63) is 54.8 Å². The molecule has 2 aromatic carbocycles. The molecule has 1 heterocycles. The molecule has 0 amide bonds. The van der Waals surface area contributed by atoms with Gasteiger partial charge in [0.1, 0.15) is 12.0 Å². The van der Waals surface area contributed by atoms with Crippen LogP contribution in [0.3, 0.4) is 0 Å². The molecule has 3 rings (SSSR count). The zero-order valence-electron chi connectivity index (χ0n) is 8.05. The fourth-order valence-electron chi connectivity index (χ4n) is 1.80. The molecular formula is C13H9NO. The molecule has 0 bridgehead atoms. The second-order valence-corrected chi connectivity index (χ2v) is 3.41. The zero-order chi connectivity index (χ0) is 10.1. The standard InChI is InChI=1S/C13H9NO/c1-2-6-11-10(4-1)5-3-7-12(11)13-8-9-15-14-13/h1-9H. The van der Waals surface area contributed by atoms with Crippen LogP contribution in [0, 0.1) is 0 Å². The summed E-state index contributed by atoms with van der Waals surface area (Å²) in [6.45, 7) is 0. The molecule has 2 heteroatoms. The maximum Gasteiger partial charge on any atom is 0.124 e. The predicted octanol–water partition coefficient (Wildman–Crippen LogP) is 3.49. The molecule has 72 valence electrons. The van der Waals surface area contributed by atoms with E-state index in [0.717, 1.165) is 11.3 Å². The summed E-state index contributed by atoms with van der Waals surface area (Å²) in [4.78, 5) is 0. The monoisotopic (exact) mass is 195 g/mol. The van der Waals surface area contributed by atoms with Gasteiger partial charge in [-0.25, -0.2) is 0 Å². The first-order valence-electron chi connectivity index (χ1n) is 4.84. The van der Waals surface area contributed by atoms with Crippen LogP contribution in [0.15, 0.2) is 59.3 Å². The van der Waals surface area contributed by atoms with Gasteiger partial charge < -0.3 is 4.52 Å². The third-order valence-corrected chi connectivity index (χ3v) is 2.50. The van der Waals surface area contributed by atoms with Crippen LogP contribution in [0.5, 0.6) is 0 Å². The number of benzene rings is 2. The molecule has 2 nitrogen and oxygen atoms in total. The number of aromatic nitrogens is 1. The van der Waals surface area contributed by atoms with E-state index < -0.39 is 0 Å². The molecule has 0 radical (unpaired) electrons. The fraction of sp³-hybridized carbons (Fsp3) is 0. The molecule has 0 aliphatic rings. The molecule has 0 unspecified atom stereocenters. The predicted molar refractivity (Wildman–Crippen MR) is 59.4 cm³/mol. The highest BCUT2D eigenvalue weighted by Crippen LogP contribution is 2.26. The van der Waals surface area contributed by atoms with E-state index in [9.17, 15) is 0 Å². The van der Waals surface area contributed by atoms with E-state index in [0.29, 0.717) is 0 Å². The molecule has 0 fully saturated rings. The van der Waals surface area contributed by atoms with Crippen molar-refractivity contribution in [2.24, 2.45) is 0 Å². The summed E-state index contributed by atoms with van der Waals surface area (Å²) in [5.41, 5.74) is 1.99. The average molecular weight is 195 g/mol. The van der Waals surface area contributed by atoms with E-state index in [-0.39, 0.29) is 0 Å². The highest BCUT2D eigenvalue weighted by atomic mass is 16.5. The second-order valence-electron chi connectivity index (χ2n) is 3.41. The lowest BCUT2D eigenvalue weighted by atomic mass is 10.0. The van der Waals surface area contributed by atoms with Crippen LogP contribution in [0.2, 0.25) is 0 Å². The zero-order valence-corrected chi connectivity index (χ0v) is 8.05. The Hall–Kier alpha value is -2.09. The minimum atomic E-state index is 0.881. The average Bonchev–Trinajstić information content (AvgIpc) is 2.82. The highest BCUT2D eigenvalue weighted by Gasteiger charge is 2.04. The Morgan fingerprint density at radius 1 is 0.867 bits per heavy atom. The topological polar surface area (TPSA) is 26.0 Å². The maximum atomic E-state index is 4.87. The van der Waals surface area contributed by atoms with Crippen LogP contribution in [0.4, 0.5) is 0 Å². The van der Waals surface area contributed by atoms with Crippen molar-refractivity contribution in [3.63, 3.8) is 0 Å². The summed E-state index contributed by atoms with van der Waals surface area (Å²) < 4.78 is 4.87. The molecule has 1 aromatic heterocycles. The smallest absolute Gasteiger partial charge is 0.124 e. The fourth-order valence-corrected chi connectivity index (χ4v) is 1.80. The summed E-state index contributed by atoms with van der Waals surface area (Å²) in [7, 11) is 0. The van der Waals surface area contributed by atoms with Crippen LogP contribution >= 0.6 is 0 Å². The minimum Gasteiger partial charge on any atom is -0.364 e. The van der Waals surface area contributed by atoms with E-state index in [4.69, 9.17) is 4.52 Å². The first-order valence-corrected chi connectivity index (χ1v) is 4.84. The van der Waals surface area contributed by atoms with Crippen LogP contribution in [-0.4, -0.2) is 5.16 Å². The van der Waals surface area contributed by atoms with Gasteiger partial charge in [-0.3, -0.25) is 0 Å². The molecule has 15 heavy (non-hydrogen) atoms. The van der Waals surface area contributed by atoms with Crippen molar-refractivity contribution in [3.8, 4) is 11.3 Å². The quantitative estimate of drug-likeness (QED) is 0.594. The van der Waals surface area contributed by atoms with E-state index in [1.165, 1.54) is 10.8 Å². The van der Waals surface area contributed by atoms with Gasteiger partial charge in [-0.15, -0.1) is 0 Å². The van der Waals surface area contributed by atoms with E-state index in [1.54, 1.807) is 6.26 Å². The van der Waals surface area contributed by atoms with Gasteiger partial charge in [-0.05, 0) is 10.8 Å². The van der Waals surface area contributed by atoms with Crippen molar-refractivity contribution < 1.29 is 4.52 Å². The lowest BCUT2D eigenvalue weighted by Crippen LogP contribution is -1.80. The summed E-state index contributed by atoms with van der Waals surface area (Å²) in [6, 6.07) is 16.3. The van der Waals surface area contributed by atoms with E-state index in [2.05, 4.69) is 29.4 Å². The minimum absolute atomic E-state index is 0.881. The van der Waals surface area contributed by atoms with Crippen LogP contribution in [-0.2, 0) is 0 Å². The third kappa shape index (κ3) is 1.31. The molecule has 0 N–H and O–H groups in total. The molecule has 0 aliphatic carbocycles. The Morgan fingerprint density at radius 3 is 2.60 bits per heavy atom. The highest BCUT2D eigenvalue weighted by molar-refractivity contribution is 5.95. The summed E-state index contributed by atoms with van der Waals surface area (Å²) in [5, 5.41) is 6.38. The lowest BCUT2D eigenvalue weighted by Gasteiger charge is -2.02. The largest absolute Gasteiger partial charge is 0.364 e. The van der Waals surface area contributed by atoms with E-state index >= 15 is 0 Å². The molecule has 0 aliphatic heterocycles. The first-order chi connectivity index (χ1) is 7.45. The Balaban J connectivity index is 2.36. The first kappa shape index (κ1) is 8.24. The number of hydrogen-bond donors (Lipinski definition) is 0. The van der Waals surface area contributed by atoms with Gasteiger partial charge in [-0.2, -0.15) is 0 Å². The summed E-state index contributed by atoms with van der Waals surface area (Å²) in [6.07, 6.45) is 1.59. The maximum absolute atomic E-state index is 4.87. The molecule has 0 atom stereocenters. The van der Waals surface area contributed by atoms with Crippen LogP contribution in [0.1, 0.15) is 0 Å². The lowest BCUT2D eigenvalue weighted by molar-refractivity contribution is 0.422. The van der Waals surface area contributed by atoms with Gasteiger partial charge in [0.2, 0.25) is 0 Å². The number of nitrogens with zero attached hydrogens (tertiary/aromatic N) is 1. The molecule has 3 aromatic rings. The number of hydrogen-bond acceptors (Lipinski definition) is 2. The molecule has 0 spiro atoms. The van der Waals surface area contributed by atoms with Gasteiger partial charge in [-0.1, -0.05) is 47.6 Å². The van der Waals surface area contributed by atoms with Crippen molar-refractivity contribution in [2.45, 2.75) is 0 Å². The van der Waals surface area contributed by atoms with Gasteiger partial charge in [0.15, 0.2) is 0 Å². The Kier molecular flexibility index (Phi) is 1.78. The number of fused-ring (bicyclic) bond motifs is 1. The van der Waals surface area contributed by atoms with Crippen LogP contribution in [0.25, 0.3) is 22.0 Å². The van der Waals surface area contributed by atoms with Crippen molar-refractivity contribution >= 4 is 10.8 Å². The van der Waals surface area contributed by atoms with Crippen molar-refractivity contribution in [1.82, 2.24) is 5.16 Å². The third-order valence-electron chi connectivity index (χ3n) is 2.50. The van der Waals surface area contributed by atoms with Gasteiger partial charge >= 0.3 is 0 Å². The van der Waals surface area contributed by atoms with Gasteiger partial charge in [0, 0.05) is 11.6 Å². The Labute approximate surface area is 87.1 Å². The normalized spacial score (nSPS) is 10.7. The second kappa shape index (κ2) is 3.24. The Morgan fingerprint density at radius 2 is 1.73 bits per heavy atom. The van der Waals surface area contributed by atoms with E-state index in [1.807, 2.05) is 24.3 Å². The molecule has 0 saturated carbocycles. The van der Waals surface area contributed by atoms with Crippen molar-refractivity contribution in [2.75, 3.05) is 0 Å².